The zero-order chi connectivity index (χ0) is 14.8. The molecule has 112 valence electrons. The smallest absolute Gasteiger partial charge is 0.226 e. The Labute approximate surface area is 123 Å². The van der Waals surface area contributed by atoms with E-state index in [0.717, 1.165) is 19.3 Å². The molecule has 0 radical (unpaired) electrons. The van der Waals surface area contributed by atoms with Crippen molar-refractivity contribution in [2.45, 2.75) is 31.6 Å². The SMILES string of the molecule is O=C(C1CC=CCC1)N1CCC(c2c(F)cccc2F)C1. The summed E-state index contributed by atoms with van der Waals surface area (Å²) in [4.78, 5) is 14.2. The molecule has 1 heterocycles. The Hall–Kier alpha value is -1.71. The minimum atomic E-state index is -0.505. The normalized spacial score (nSPS) is 25.3. The molecule has 4 heteroatoms. The quantitative estimate of drug-likeness (QED) is 0.762. The van der Waals surface area contributed by atoms with Gasteiger partial charge >= 0.3 is 0 Å². The topological polar surface area (TPSA) is 20.3 Å². The molecule has 1 aliphatic carbocycles. The van der Waals surface area contributed by atoms with E-state index in [1.807, 2.05) is 0 Å². The molecule has 0 bridgehead atoms. The van der Waals surface area contributed by atoms with Crippen LogP contribution in [-0.4, -0.2) is 23.9 Å². The average molecular weight is 291 g/mol. The summed E-state index contributed by atoms with van der Waals surface area (Å²) in [5.74, 6) is -1.06. The molecule has 1 aromatic carbocycles. The van der Waals surface area contributed by atoms with Gasteiger partial charge < -0.3 is 4.90 Å². The summed E-state index contributed by atoms with van der Waals surface area (Å²) in [5, 5.41) is 0. The molecule has 2 nitrogen and oxygen atoms in total. The Morgan fingerprint density at radius 2 is 1.90 bits per heavy atom. The molecule has 2 atom stereocenters. The number of allylic oxidation sites excluding steroid dienone is 2. The van der Waals surface area contributed by atoms with Crippen molar-refractivity contribution in [1.82, 2.24) is 4.90 Å². The Bertz CT molecular complexity index is 550. The maximum absolute atomic E-state index is 13.8. The second-order valence-corrected chi connectivity index (χ2v) is 5.89. The highest BCUT2D eigenvalue weighted by Gasteiger charge is 2.33. The number of hydrogen-bond donors (Lipinski definition) is 0. The van der Waals surface area contributed by atoms with Crippen molar-refractivity contribution in [3.05, 3.63) is 47.5 Å². The van der Waals surface area contributed by atoms with Gasteiger partial charge in [0.05, 0.1) is 0 Å². The lowest BCUT2D eigenvalue weighted by molar-refractivity contribution is -0.134. The van der Waals surface area contributed by atoms with Crippen LogP contribution >= 0.6 is 0 Å². The maximum atomic E-state index is 13.8. The minimum absolute atomic E-state index is 0.0409. The third-order valence-corrected chi connectivity index (χ3v) is 4.53. The van der Waals surface area contributed by atoms with Crippen molar-refractivity contribution in [3.8, 4) is 0 Å². The van der Waals surface area contributed by atoms with E-state index in [-0.39, 0.29) is 23.3 Å². The van der Waals surface area contributed by atoms with Crippen LogP contribution in [0.3, 0.4) is 0 Å². The van der Waals surface area contributed by atoms with Crippen LogP contribution in [0.25, 0.3) is 0 Å². The molecule has 1 fully saturated rings. The lowest BCUT2D eigenvalue weighted by atomic mass is 9.93. The van der Waals surface area contributed by atoms with Gasteiger partial charge in [0.15, 0.2) is 0 Å². The second-order valence-electron chi connectivity index (χ2n) is 5.89. The first-order chi connectivity index (χ1) is 10.2. The van der Waals surface area contributed by atoms with Gasteiger partial charge in [-0.25, -0.2) is 8.78 Å². The predicted octanol–water partition coefficient (Wildman–Crippen LogP) is 3.64. The molecule has 0 spiro atoms. The number of amides is 1. The van der Waals surface area contributed by atoms with Crippen molar-refractivity contribution in [2.24, 2.45) is 5.92 Å². The number of nitrogens with zero attached hydrogens (tertiary/aromatic N) is 1. The van der Waals surface area contributed by atoms with Crippen LogP contribution in [0.15, 0.2) is 30.4 Å². The van der Waals surface area contributed by atoms with Crippen LogP contribution in [0.4, 0.5) is 8.78 Å². The van der Waals surface area contributed by atoms with Crippen LogP contribution in [0, 0.1) is 17.6 Å². The van der Waals surface area contributed by atoms with Gasteiger partial charge in [0.2, 0.25) is 5.91 Å². The van der Waals surface area contributed by atoms with Gasteiger partial charge in [0, 0.05) is 30.5 Å². The molecule has 2 aliphatic rings. The van der Waals surface area contributed by atoms with Gasteiger partial charge in [-0.3, -0.25) is 4.79 Å². The van der Waals surface area contributed by atoms with Gasteiger partial charge in [-0.05, 0) is 37.8 Å². The number of halogens is 2. The molecular formula is C17H19F2NO. The number of carbonyl (C=O) groups excluding carboxylic acids is 1. The van der Waals surface area contributed by atoms with Crippen LogP contribution in [0.2, 0.25) is 0 Å². The highest BCUT2D eigenvalue weighted by molar-refractivity contribution is 5.79. The van der Waals surface area contributed by atoms with Crippen LogP contribution in [0.5, 0.6) is 0 Å². The molecule has 0 N–H and O–H groups in total. The van der Waals surface area contributed by atoms with Gasteiger partial charge in [-0.2, -0.15) is 0 Å². The maximum Gasteiger partial charge on any atom is 0.226 e. The lowest BCUT2D eigenvalue weighted by Crippen LogP contribution is -2.34. The number of benzene rings is 1. The third kappa shape index (κ3) is 2.85. The number of likely N-dealkylation sites (tertiary alicyclic amines) is 1. The van der Waals surface area contributed by atoms with E-state index in [1.165, 1.54) is 18.2 Å². The van der Waals surface area contributed by atoms with Crippen LogP contribution in [-0.2, 0) is 4.79 Å². The number of hydrogen-bond acceptors (Lipinski definition) is 1. The van der Waals surface area contributed by atoms with Crippen molar-refractivity contribution >= 4 is 5.91 Å². The van der Waals surface area contributed by atoms with E-state index in [1.54, 1.807) is 4.90 Å². The predicted molar refractivity (Wildman–Crippen MR) is 76.8 cm³/mol. The fraction of sp³-hybridized carbons (Fsp3) is 0.471. The van der Waals surface area contributed by atoms with E-state index in [2.05, 4.69) is 12.2 Å². The summed E-state index contributed by atoms with van der Waals surface area (Å²) < 4.78 is 27.7. The first kappa shape index (κ1) is 14.2. The fourth-order valence-electron chi connectivity index (χ4n) is 3.37. The molecule has 3 rings (SSSR count). The van der Waals surface area contributed by atoms with Gasteiger partial charge in [0.1, 0.15) is 11.6 Å². The summed E-state index contributed by atoms with van der Waals surface area (Å²) in [7, 11) is 0. The summed E-state index contributed by atoms with van der Waals surface area (Å²) in [6, 6.07) is 3.95. The summed E-state index contributed by atoms with van der Waals surface area (Å²) >= 11 is 0. The van der Waals surface area contributed by atoms with Crippen molar-refractivity contribution in [2.75, 3.05) is 13.1 Å². The zero-order valence-electron chi connectivity index (χ0n) is 11.9. The van der Waals surface area contributed by atoms with Gasteiger partial charge in [0.25, 0.3) is 0 Å². The molecule has 2 unspecified atom stereocenters. The van der Waals surface area contributed by atoms with E-state index >= 15 is 0 Å². The summed E-state index contributed by atoms with van der Waals surface area (Å²) in [6.45, 7) is 1.02. The molecular weight excluding hydrogens is 272 g/mol. The Balaban J connectivity index is 1.70. The molecule has 21 heavy (non-hydrogen) atoms. The van der Waals surface area contributed by atoms with Gasteiger partial charge in [-0.1, -0.05) is 18.2 Å². The molecule has 0 aromatic heterocycles. The zero-order valence-corrected chi connectivity index (χ0v) is 11.9. The monoisotopic (exact) mass is 291 g/mol. The Kier molecular flexibility index (Phi) is 4.04. The van der Waals surface area contributed by atoms with Crippen LogP contribution in [0.1, 0.15) is 37.2 Å². The molecule has 1 saturated heterocycles. The lowest BCUT2D eigenvalue weighted by Gasteiger charge is -2.24. The van der Waals surface area contributed by atoms with Gasteiger partial charge in [-0.15, -0.1) is 0 Å². The van der Waals surface area contributed by atoms with Crippen LogP contribution < -0.4 is 0 Å². The number of carbonyl (C=O) groups is 1. The van der Waals surface area contributed by atoms with E-state index < -0.39 is 11.6 Å². The van der Waals surface area contributed by atoms with E-state index in [0.29, 0.717) is 19.5 Å². The molecule has 1 aromatic rings. The van der Waals surface area contributed by atoms with Crippen molar-refractivity contribution < 1.29 is 13.6 Å². The molecule has 0 saturated carbocycles. The van der Waals surface area contributed by atoms with E-state index in [4.69, 9.17) is 0 Å². The summed E-state index contributed by atoms with van der Waals surface area (Å²) in [6.07, 6.45) is 7.39. The number of rotatable bonds is 2. The Morgan fingerprint density at radius 1 is 1.14 bits per heavy atom. The summed E-state index contributed by atoms with van der Waals surface area (Å²) in [5.41, 5.74) is 0.135. The Morgan fingerprint density at radius 3 is 2.57 bits per heavy atom. The molecule has 1 amide bonds. The standard InChI is InChI=1S/C17H19F2NO/c18-14-7-4-8-15(19)16(14)13-9-10-20(11-13)17(21)12-5-2-1-3-6-12/h1-2,4,7-8,12-13H,3,5-6,9-11H2. The van der Waals surface area contributed by atoms with Crippen molar-refractivity contribution in [3.63, 3.8) is 0 Å². The molecule has 1 aliphatic heterocycles. The first-order valence-corrected chi connectivity index (χ1v) is 7.54. The minimum Gasteiger partial charge on any atom is -0.342 e. The largest absolute Gasteiger partial charge is 0.342 e. The highest BCUT2D eigenvalue weighted by Crippen LogP contribution is 2.32. The average Bonchev–Trinajstić information content (AvgIpc) is 2.97. The fourth-order valence-corrected chi connectivity index (χ4v) is 3.37. The second kappa shape index (κ2) is 5.96. The van der Waals surface area contributed by atoms with Crippen molar-refractivity contribution in [1.29, 1.82) is 0 Å². The first-order valence-electron chi connectivity index (χ1n) is 7.54. The van der Waals surface area contributed by atoms with E-state index in [9.17, 15) is 13.6 Å². The third-order valence-electron chi connectivity index (χ3n) is 4.53. The highest BCUT2D eigenvalue weighted by atomic mass is 19.1.